The largest absolute Gasteiger partial charge is 0.388 e. The minimum Gasteiger partial charge on any atom is -0.388 e. The fourth-order valence-corrected chi connectivity index (χ4v) is 1.47. The van der Waals surface area contributed by atoms with Crippen molar-refractivity contribution >= 4 is 0 Å². The lowest BCUT2D eigenvalue weighted by molar-refractivity contribution is -0.0707. The molecule has 1 atom stereocenters. The third-order valence-electron chi connectivity index (χ3n) is 2.22. The number of aliphatic hydroxyl groups is 1. The molecule has 0 aromatic carbocycles. The molecular formula is C9H14N2O3. The van der Waals surface area contributed by atoms with Crippen molar-refractivity contribution in [2.24, 2.45) is 7.05 Å². The highest BCUT2D eigenvalue weighted by Crippen LogP contribution is 2.21. The average Bonchev–Trinajstić information content (AvgIpc) is 2.75. The number of aromatic nitrogens is 2. The van der Waals surface area contributed by atoms with Crippen molar-refractivity contribution in [3.63, 3.8) is 0 Å². The van der Waals surface area contributed by atoms with Crippen LogP contribution in [0.15, 0.2) is 12.4 Å². The van der Waals surface area contributed by atoms with Gasteiger partial charge in [0.05, 0.1) is 25.5 Å². The second-order valence-electron chi connectivity index (χ2n) is 3.37. The van der Waals surface area contributed by atoms with Crippen molar-refractivity contribution < 1.29 is 14.6 Å². The van der Waals surface area contributed by atoms with Crippen molar-refractivity contribution in [3.8, 4) is 0 Å². The molecule has 5 heteroatoms. The van der Waals surface area contributed by atoms with E-state index in [9.17, 15) is 5.11 Å². The molecule has 1 fully saturated rings. The van der Waals surface area contributed by atoms with Crippen LogP contribution in [0.2, 0.25) is 0 Å². The number of nitrogens with zero attached hydrogens (tertiary/aromatic N) is 2. The van der Waals surface area contributed by atoms with Gasteiger partial charge in [0.2, 0.25) is 0 Å². The molecule has 0 aliphatic carbocycles. The molecule has 2 heterocycles. The van der Waals surface area contributed by atoms with Crippen LogP contribution in [0.3, 0.4) is 0 Å². The highest BCUT2D eigenvalue weighted by atomic mass is 16.7. The maximum atomic E-state index is 9.78. The Bertz CT molecular complexity index is 294. The van der Waals surface area contributed by atoms with E-state index >= 15 is 0 Å². The summed E-state index contributed by atoms with van der Waals surface area (Å²) in [7, 11) is 1.82. The monoisotopic (exact) mass is 198 g/mol. The third-order valence-corrected chi connectivity index (χ3v) is 2.22. The first kappa shape index (κ1) is 9.64. The molecule has 1 N–H and O–H groups in total. The van der Waals surface area contributed by atoms with Gasteiger partial charge in [-0.1, -0.05) is 0 Å². The molecule has 0 spiro atoms. The molecule has 1 aliphatic heterocycles. The second-order valence-corrected chi connectivity index (χ2v) is 3.37. The molecule has 0 radical (unpaired) electrons. The smallest absolute Gasteiger partial charge is 0.160 e. The predicted octanol–water partition coefficient (Wildman–Crippen LogP) is 0.216. The van der Waals surface area contributed by atoms with Crippen LogP contribution in [-0.2, 0) is 16.5 Å². The fourth-order valence-electron chi connectivity index (χ4n) is 1.47. The molecule has 1 saturated heterocycles. The van der Waals surface area contributed by atoms with E-state index in [1.54, 1.807) is 17.1 Å². The van der Waals surface area contributed by atoms with Crippen LogP contribution in [0.25, 0.3) is 0 Å². The highest BCUT2D eigenvalue weighted by Gasteiger charge is 2.21. The van der Waals surface area contributed by atoms with Crippen molar-refractivity contribution in [3.05, 3.63) is 18.0 Å². The molecular weight excluding hydrogens is 184 g/mol. The summed E-state index contributed by atoms with van der Waals surface area (Å²) in [6.45, 7) is 1.23. The zero-order valence-corrected chi connectivity index (χ0v) is 8.09. The zero-order valence-electron chi connectivity index (χ0n) is 8.09. The Kier molecular flexibility index (Phi) is 2.81. The van der Waals surface area contributed by atoms with Gasteiger partial charge in [-0.2, -0.15) is 5.10 Å². The van der Waals surface area contributed by atoms with Crippen LogP contribution in [0.4, 0.5) is 0 Å². The van der Waals surface area contributed by atoms with Gasteiger partial charge in [0.15, 0.2) is 6.29 Å². The summed E-state index contributed by atoms with van der Waals surface area (Å²) >= 11 is 0. The van der Waals surface area contributed by atoms with E-state index in [1.807, 2.05) is 7.05 Å². The summed E-state index contributed by atoms with van der Waals surface area (Å²) < 4.78 is 12.1. The van der Waals surface area contributed by atoms with Crippen molar-refractivity contribution in [1.82, 2.24) is 9.78 Å². The molecule has 0 bridgehead atoms. The summed E-state index contributed by atoms with van der Waals surface area (Å²) in [6, 6.07) is 0. The Morgan fingerprint density at radius 1 is 1.64 bits per heavy atom. The predicted molar refractivity (Wildman–Crippen MR) is 48.5 cm³/mol. The van der Waals surface area contributed by atoms with Crippen LogP contribution in [-0.4, -0.2) is 34.4 Å². The summed E-state index contributed by atoms with van der Waals surface area (Å²) in [5, 5.41) is 13.8. The summed E-state index contributed by atoms with van der Waals surface area (Å²) in [5.41, 5.74) is 0.798. The molecule has 0 saturated carbocycles. The van der Waals surface area contributed by atoms with Crippen molar-refractivity contribution in [2.45, 2.75) is 18.8 Å². The number of hydrogen-bond acceptors (Lipinski definition) is 4. The first-order valence-electron chi connectivity index (χ1n) is 4.65. The molecule has 0 amide bonds. The minimum atomic E-state index is -0.563. The van der Waals surface area contributed by atoms with E-state index in [-0.39, 0.29) is 6.29 Å². The number of rotatable bonds is 3. The number of aryl methyl sites for hydroxylation is 1. The lowest BCUT2D eigenvalue weighted by Crippen LogP contribution is -2.12. The van der Waals surface area contributed by atoms with Gasteiger partial charge in [-0.05, 0) is 0 Å². The summed E-state index contributed by atoms with van der Waals surface area (Å²) in [4.78, 5) is 0. The Morgan fingerprint density at radius 3 is 2.93 bits per heavy atom. The molecule has 1 unspecified atom stereocenters. The summed E-state index contributed by atoms with van der Waals surface area (Å²) in [5.74, 6) is 0. The highest BCUT2D eigenvalue weighted by molar-refractivity contribution is 5.07. The number of aliphatic hydroxyl groups excluding tert-OH is 1. The molecule has 1 aliphatic rings. The molecule has 1 aromatic heterocycles. The Hall–Kier alpha value is -0.910. The van der Waals surface area contributed by atoms with E-state index in [0.717, 1.165) is 5.56 Å². The quantitative estimate of drug-likeness (QED) is 0.754. The van der Waals surface area contributed by atoms with E-state index in [2.05, 4.69) is 5.10 Å². The molecule has 5 nitrogen and oxygen atoms in total. The number of ether oxygens (including phenoxy) is 2. The fraction of sp³-hybridized carbons (Fsp3) is 0.667. The van der Waals surface area contributed by atoms with Gasteiger partial charge in [-0.25, -0.2) is 0 Å². The van der Waals surface area contributed by atoms with Gasteiger partial charge in [-0.15, -0.1) is 0 Å². The van der Waals surface area contributed by atoms with Gasteiger partial charge in [0, 0.05) is 25.2 Å². The van der Waals surface area contributed by atoms with Crippen LogP contribution in [0, 0.1) is 0 Å². The van der Waals surface area contributed by atoms with E-state index in [0.29, 0.717) is 19.6 Å². The standard InChI is InChI=1S/C9H14N2O3/c1-11-6-7(5-10-11)8(12)4-9-13-2-3-14-9/h5-6,8-9,12H,2-4H2,1H3. The van der Waals surface area contributed by atoms with Gasteiger partial charge in [0.1, 0.15) is 0 Å². The average molecular weight is 198 g/mol. The van der Waals surface area contributed by atoms with Crippen LogP contribution in [0.5, 0.6) is 0 Å². The maximum absolute atomic E-state index is 9.78. The van der Waals surface area contributed by atoms with Gasteiger partial charge < -0.3 is 14.6 Å². The SMILES string of the molecule is Cn1cc(C(O)CC2OCCO2)cn1. The Morgan fingerprint density at radius 2 is 2.36 bits per heavy atom. The zero-order chi connectivity index (χ0) is 9.97. The van der Waals surface area contributed by atoms with Crippen molar-refractivity contribution in [2.75, 3.05) is 13.2 Å². The van der Waals surface area contributed by atoms with Gasteiger partial charge >= 0.3 is 0 Å². The minimum absolute atomic E-state index is 0.273. The first-order chi connectivity index (χ1) is 6.75. The van der Waals surface area contributed by atoms with E-state index < -0.39 is 6.10 Å². The number of hydrogen-bond donors (Lipinski definition) is 1. The third kappa shape index (κ3) is 2.12. The summed E-state index contributed by atoms with van der Waals surface area (Å²) in [6.07, 6.45) is 3.07. The lowest BCUT2D eigenvalue weighted by atomic mass is 10.1. The Labute approximate surface area is 82.2 Å². The molecule has 78 valence electrons. The van der Waals surface area contributed by atoms with Crippen LogP contribution in [0.1, 0.15) is 18.1 Å². The first-order valence-corrected chi connectivity index (χ1v) is 4.65. The second kappa shape index (κ2) is 4.08. The van der Waals surface area contributed by atoms with Crippen LogP contribution >= 0.6 is 0 Å². The molecule has 1 aromatic rings. The lowest BCUT2D eigenvalue weighted by Gasteiger charge is -2.12. The Balaban J connectivity index is 1.91. The van der Waals surface area contributed by atoms with Crippen LogP contribution < -0.4 is 0 Å². The molecule has 2 rings (SSSR count). The van der Waals surface area contributed by atoms with E-state index in [1.165, 1.54) is 0 Å². The van der Waals surface area contributed by atoms with Gasteiger partial charge in [0.25, 0.3) is 0 Å². The van der Waals surface area contributed by atoms with E-state index in [4.69, 9.17) is 9.47 Å². The van der Waals surface area contributed by atoms with Gasteiger partial charge in [-0.3, -0.25) is 4.68 Å². The maximum Gasteiger partial charge on any atom is 0.160 e. The normalized spacial score (nSPS) is 20.1. The van der Waals surface area contributed by atoms with Crippen molar-refractivity contribution in [1.29, 1.82) is 0 Å². The molecule has 14 heavy (non-hydrogen) atoms. The topological polar surface area (TPSA) is 56.5 Å².